The van der Waals surface area contributed by atoms with Crippen LogP contribution in [0.2, 0.25) is 0 Å². The Hall–Kier alpha value is -2.48. The standard InChI is InChI=1S/C13H17N5O3/c1-3-14-4-5-15-11(19)8-6-7(2)9-10(16-8)17-13(21)18-12(9)20/h6,14H,3-5H2,1-2H3,(H,15,19)(H2,16,17,18,20,21). The second-order valence-corrected chi connectivity index (χ2v) is 4.57. The maximum Gasteiger partial charge on any atom is 0.327 e. The van der Waals surface area contributed by atoms with Gasteiger partial charge in [0.15, 0.2) is 0 Å². The smallest absolute Gasteiger partial charge is 0.327 e. The van der Waals surface area contributed by atoms with Crippen molar-refractivity contribution in [2.45, 2.75) is 13.8 Å². The summed E-state index contributed by atoms with van der Waals surface area (Å²) < 4.78 is 0. The van der Waals surface area contributed by atoms with Gasteiger partial charge >= 0.3 is 5.69 Å². The third-order valence-corrected chi connectivity index (χ3v) is 2.97. The predicted molar refractivity (Wildman–Crippen MR) is 78.6 cm³/mol. The summed E-state index contributed by atoms with van der Waals surface area (Å²) in [5, 5.41) is 6.07. The zero-order valence-electron chi connectivity index (χ0n) is 11.9. The van der Waals surface area contributed by atoms with E-state index < -0.39 is 11.2 Å². The average molecular weight is 291 g/mol. The number of amides is 1. The number of aromatic amines is 2. The van der Waals surface area contributed by atoms with E-state index in [1.165, 1.54) is 6.07 Å². The van der Waals surface area contributed by atoms with E-state index in [1.807, 2.05) is 6.92 Å². The molecule has 1 amide bonds. The lowest BCUT2D eigenvalue weighted by Crippen LogP contribution is -2.32. The Morgan fingerprint density at radius 2 is 2.05 bits per heavy atom. The third kappa shape index (κ3) is 3.34. The fraction of sp³-hybridized carbons (Fsp3) is 0.385. The van der Waals surface area contributed by atoms with E-state index in [-0.39, 0.29) is 22.6 Å². The number of nitrogens with one attached hydrogen (secondary N) is 4. The van der Waals surface area contributed by atoms with Crippen molar-refractivity contribution < 1.29 is 4.79 Å². The van der Waals surface area contributed by atoms with Gasteiger partial charge in [-0.1, -0.05) is 6.92 Å². The third-order valence-electron chi connectivity index (χ3n) is 2.97. The molecule has 112 valence electrons. The summed E-state index contributed by atoms with van der Waals surface area (Å²) in [7, 11) is 0. The minimum Gasteiger partial charge on any atom is -0.349 e. The normalized spacial score (nSPS) is 10.8. The molecule has 0 aliphatic rings. The highest BCUT2D eigenvalue weighted by atomic mass is 16.2. The highest BCUT2D eigenvalue weighted by Crippen LogP contribution is 2.10. The molecule has 0 spiro atoms. The molecule has 2 aromatic rings. The quantitative estimate of drug-likeness (QED) is 0.541. The van der Waals surface area contributed by atoms with Gasteiger partial charge in [-0.25, -0.2) is 9.78 Å². The molecule has 2 aromatic heterocycles. The first-order valence-electron chi connectivity index (χ1n) is 6.65. The lowest BCUT2D eigenvalue weighted by Gasteiger charge is -2.07. The number of fused-ring (bicyclic) bond motifs is 1. The molecule has 0 aliphatic heterocycles. The van der Waals surface area contributed by atoms with E-state index >= 15 is 0 Å². The van der Waals surface area contributed by atoms with Crippen LogP contribution in [0.25, 0.3) is 11.0 Å². The molecule has 8 heteroatoms. The first-order valence-corrected chi connectivity index (χ1v) is 6.65. The van der Waals surface area contributed by atoms with Gasteiger partial charge in [0, 0.05) is 13.1 Å². The molecule has 0 unspecified atom stereocenters. The molecular formula is C13H17N5O3. The van der Waals surface area contributed by atoms with Crippen LogP contribution in [0, 0.1) is 6.92 Å². The zero-order valence-corrected chi connectivity index (χ0v) is 11.9. The fourth-order valence-electron chi connectivity index (χ4n) is 2.00. The summed E-state index contributed by atoms with van der Waals surface area (Å²) in [6.07, 6.45) is 0. The molecular weight excluding hydrogens is 274 g/mol. The number of pyridine rings is 1. The molecule has 21 heavy (non-hydrogen) atoms. The summed E-state index contributed by atoms with van der Waals surface area (Å²) >= 11 is 0. The van der Waals surface area contributed by atoms with Crippen LogP contribution in [-0.2, 0) is 0 Å². The summed E-state index contributed by atoms with van der Waals surface area (Å²) in [5.74, 6) is -0.348. The largest absolute Gasteiger partial charge is 0.349 e. The van der Waals surface area contributed by atoms with Crippen molar-refractivity contribution in [3.8, 4) is 0 Å². The van der Waals surface area contributed by atoms with Crippen LogP contribution in [0.15, 0.2) is 15.7 Å². The maximum absolute atomic E-state index is 12.0. The van der Waals surface area contributed by atoms with Gasteiger partial charge in [-0.3, -0.25) is 19.6 Å². The number of aryl methyl sites for hydroxylation is 1. The number of H-pyrrole nitrogens is 2. The van der Waals surface area contributed by atoms with Crippen molar-refractivity contribution in [1.29, 1.82) is 0 Å². The lowest BCUT2D eigenvalue weighted by molar-refractivity contribution is 0.0949. The summed E-state index contributed by atoms with van der Waals surface area (Å²) in [6.45, 7) is 5.62. The molecule has 0 aliphatic carbocycles. The van der Waals surface area contributed by atoms with Crippen molar-refractivity contribution in [3.05, 3.63) is 38.2 Å². The molecule has 4 N–H and O–H groups in total. The molecule has 0 atom stereocenters. The summed E-state index contributed by atoms with van der Waals surface area (Å²) in [4.78, 5) is 43.6. The fourth-order valence-corrected chi connectivity index (χ4v) is 2.00. The summed E-state index contributed by atoms with van der Waals surface area (Å²) in [6, 6.07) is 1.53. The second-order valence-electron chi connectivity index (χ2n) is 4.57. The minimum absolute atomic E-state index is 0.112. The van der Waals surface area contributed by atoms with Crippen LogP contribution < -0.4 is 21.9 Å². The maximum atomic E-state index is 12.0. The molecule has 2 rings (SSSR count). The molecule has 0 radical (unpaired) electrons. The molecule has 0 saturated carbocycles. The van der Waals surface area contributed by atoms with E-state index in [4.69, 9.17) is 0 Å². The SMILES string of the molecule is CCNCCNC(=O)c1cc(C)c2c(=O)[nH]c(=O)[nH]c2n1. The monoisotopic (exact) mass is 291 g/mol. The topological polar surface area (TPSA) is 120 Å². The molecule has 0 bridgehead atoms. The first-order chi connectivity index (χ1) is 10.0. The second kappa shape index (κ2) is 6.31. The Labute approximate surface area is 120 Å². The lowest BCUT2D eigenvalue weighted by atomic mass is 10.1. The predicted octanol–water partition coefficient (Wildman–Crippen LogP) is -0.741. The number of hydrogen-bond acceptors (Lipinski definition) is 5. The van der Waals surface area contributed by atoms with E-state index in [2.05, 4.69) is 25.6 Å². The van der Waals surface area contributed by atoms with Gasteiger partial charge in [0.25, 0.3) is 11.5 Å². The van der Waals surface area contributed by atoms with Crippen LogP contribution in [-0.4, -0.2) is 40.5 Å². The van der Waals surface area contributed by atoms with Gasteiger partial charge in [-0.2, -0.15) is 0 Å². The van der Waals surface area contributed by atoms with Crippen molar-refractivity contribution >= 4 is 16.9 Å². The number of hydrogen-bond donors (Lipinski definition) is 4. The van der Waals surface area contributed by atoms with Gasteiger partial charge in [-0.15, -0.1) is 0 Å². The Morgan fingerprint density at radius 3 is 2.76 bits per heavy atom. The van der Waals surface area contributed by atoms with Crippen LogP contribution in [0.4, 0.5) is 0 Å². The highest BCUT2D eigenvalue weighted by molar-refractivity contribution is 5.95. The number of rotatable bonds is 5. The molecule has 0 saturated heterocycles. The Balaban J connectivity index is 2.32. The van der Waals surface area contributed by atoms with Gasteiger partial charge in [0.1, 0.15) is 11.3 Å². The Bertz CT molecular complexity index is 777. The molecule has 8 nitrogen and oxygen atoms in total. The van der Waals surface area contributed by atoms with Gasteiger partial charge in [-0.05, 0) is 25.1 Å². The van der Waals surface area contributed by atoms with Gasteiger partial charge in [0.05, 0.1) is 5.39 Å². The molecule has 0 fully saturated rings. The minimum atomic E-state index is -0.649. The van der Waals surface area contributed by atoms with Crippen LogP contribution in [0.1, 0.15) is 23.0 Å². The highest BCUT2D eigenvalue weighted by Gasteiger charge is 2.12. The van der Waals surface area contributed by atoms with E-state index in [0.29, 0.717) is 18.7 Å². The number of carbonyl (C=O) groups is 1. The molecule has 2 heterocycles. The molecule has 0 aromatic carbocycles. The zero-order chi connectivity index (χ0) is 15.4. The number of nitrogens with zero attached hydrogens (tertiary/aromatic N) is 1. The van der Waals surface area contributed by atoms with Crippen LogP contribution in [0.5, 0.6) is 0 Å². The van der Waals surface area contributed by atoms with Gasteiger partial charge in [0.2, 0.25) is 0 Å². The van der Waals surface area contributed by atoms with Crippen molar-refractivity contribution in [2.75, 3.05) is 19.6 Å². The number of likely N-dealkylation sites (N-methyl/N-ethyl adjacent to an activating group) is 1. The van der Waals surface area contributed by atoms with Crippen molar-refractivity contribution in [1.82, 2.24) is 25.6 Å². The van der Waals surface area contributed by atoms with Crippen molar-refractivity contribution in [3.63, 3.8) is 0 Å². The number of carbonyl (C=O) groups excluding carboxylic acids is 1. The van der Waals surface area contributed by atoms with Crippen molar-refractivity contribution in [2.24, 2.45) is 0 Å². The van der Waals surface area contributed by atoms with Crippen LogP contribution in [0.3, 0.4) is 0 Å². The van der Waals surface area contributed by atoms with Gasteiger partial charge < -0.3 is 10.6 Å². The average Bonchev–Trinajstić information content (AvgIpc) is 2.42. The Morgan fingerprint density at radius 1 is 1.29 bits per heavy atom. The number of aromatic nitrogens is 3. The van der Waals surface area contributed by atoms with E-state index in [9.17, 15) is 14.4 Å². The first kappa shape index (κ1) is 14.9. The van der Waals surface area contributed by atoms with E-state index in [0.717, 1.165) is 6.54 Å². The van der Waals surface area contributed by atoms with E-state index in [1.54, 1.807) is 6.92 Å². The Kier molecular flexibility index (Phi) is 4.49. The van der Waals surface area contributed by atoms with Crippen LogP contribution >= 0.6 is 0 Å². The summed E-state index contributed by atoms with van der Waals surface area (Å²) in [5.41, 5.74) is -0.311.